The first-order chi connectivity index (χ1) is 7.29. The van der Waals surface area contributed by atoms with E-state index in [9.17, 15) is 0 Å². The van der Waals surface area contributed by atoms with Crippen LogP contribution in [0.25, 0.3) is 0 Å². The van der Waals surface area contributed by atoms with E-state index in [-0.39, 0.29) is 0 Å². The average molecular weight is 208 g/mol. The van der Waals surface area contributed by atoms with Gasteiger partial charge in [0.05, 0.1) is 0 Å². The SMILES string of the molecule is CC(C)C1CCCCC1C1CCCCC1. The molecule has 2 rings (SSSR count). The molecular weight excluding hydrogens is 180 g/mol. The molecule has 0 N–H and O–H groups in total. The molecule has 2 unspecified atom stereocenters. The molecule has 88 valence electrons. The maximum absolute atomic E-state index is 2.45. The molecule has 0 aromatic carbocycles. The minimum absolute atomic E-state index is 0.928. The van der Waals surface area contributed by atoms with Crippen LogP contribution in [-0.4, -0.2) is 0 Å². The van der Waals surface area contributed by atoms with E-state index in [1.165, 1.54) is 38.5 Å². The van der Waals surface area contributed by atoms with Crippen molar-refractivity contribution in [3.8, 4) is 0 Å². The van der Waals surface area contributed by atoms with Crippen LogP contribution in [0.15, 0.2) is 0 Å². The molecule has 2 saturated carbocycles. The lowest BCUT2D eigenvalue weighted by atomic mass is 9.65. The van der Waals surface area contributed by atoms with Crippen molar-refractivity contribution in [2.45, 2.75) is 71.6 Å². The zero-order valence-corrected chi connectivity index (χ0v) is 10.7. The van der Waals surface area contributed by atoms with Crippen LogP contribution in [0.1, 0.15) is 71.6 Å². The molecule has 0 aromatic rings. The van der Waals surface area contributed by atoms with Crippen LogP contribution < -0.4 is 0 Å². The molecule has 0 radical (unpaired) electrons. The van der Waals surface area contributed by atoms with Gasteiger partial charge < -0.3 is 0 Å². The van der Waals surface area contributed by atoms with Crippen molar-refractivity contribution in [1.82, 2.24) is 0 Å². The molecule has 0 heterocycles. The topological polar surface area (TPSA) is 0 Å². The summed E-state index contributed by atoms with van der Waals surface area (Å²) in [5.41, 5.74) is 0. The van der Waals surface area contributed by atoms with Crippen molar-refractivity contribution < 1.29 is 0 Å². The van der Waals surface area contributed by atoms with Crippen LogP contribution >= 0.6 is 0 Å². The fourth-order valence-electron chi connectivity index (χ4n) is 4.16. The summed E-state index contributed by atoms with van der Waals surface area (Å²) >= 11 is 0. The highest BCUT2D eigenvalue weighted by atomic mass is 14.4. The van der Waals surface area contributed by atoms with Gasteiger partial charge in [0.15, 0.2) is 0 Å². The molecule has 0 aliphatic heterocycles. The normalized spacial score (nSPS) is 34.6. The van der Waals surface area contributed by atoms with Crippen LogP contribution in [0.3, 0.4) is 0 Å². The largest absolute Gasteiger partial charge is 0.0625 e. The average Bonchev–Trinajstić information content (AvgIpc) is 2.30. The van der Waals surface area contributed by atoms with Crippen LogP contribution in [0.5, 0.6) is 0 Å². The van der Waals surface area contributed by atoms with Crippen molar-refractivity contribution in [2.24, 2.45) is 23.7 Å². The summed E-state index contributed by atoms with van der Waals surface area (Å²) in [6, 6.07) is 0. The maximum atomic E-state index is 2.45. The molecule has 2 fully saturated rings. The van der Waals surface area contributed by atoms with Gasteiger partial charge in [-0.25, -0.2) is 0 Å². The quantitative estimate of drug-likeness (QED) is 0.597. The second-order valence-electron chi connectivity index (χ2n) is 6.25. The second kappa shape index (κ2) is 5.37. The first-order valence-electron chi connectivity index (χ1n) is 7.29. The minimum Gasteiger partial charge on any atom is -0.0625 e. The molecule has 0 aromatic heterocycles. The van der Waals surface area contributed by atoms with Crippen molar-refractivity contribution >= 4 is 0 Å². The molecule has 15 heavy (non-hydrogen) atoms. The highest BCUT2D eigenvalue weighted by Crippen LogP contribution is 2.44. The van der Waals surface area contributed by atoms with Crippen LogP contribution in [0.4, 0.5) is 0 Å². The van der Waals surface area contributed by atoms with Gasteiger partial charge in [0.1, 0.15) is 0 Å². The predicted molar refractivity (Wildman–Crippen MR) is 66.9 cm³/mol. The first-order valence-corrected chi connectivity index (χ1v) is 7.29. The molecule has 2 aliphatic carbocycles. The van der Waals surface area contributed by atoms with E-state index in [0.29, 0.717) is 0 Å². The summed E-state index contributed by atoms with van der Waals surface area (Å²) in [5, 5.41) is 0. The summed E-state index contributed by atoms with van der Waals surface area (Å²) < 4.78 is 0. The van der Waals surface area contributed by atoms with E-state index in [2.05, 4.69) is 13.8 Å². The van der Waals surface area contributed by atoms with E-state index in [4.69, 9.17) is 0 Å². The summed E-state index contributed by atoms with van der Waals surface area (Å²) in [7, 11) is 0. The monoisotopic (exact) mass is 208 g/mol. The Balaban J connectivity index is 1.96. The molecular formula is C15H28. The van der Waals surface area contributed by atoms with Crippen molar-refractivity contribution in [3.63, 3.8) is 0 Å². The number of hydrogen-bond acceptors (Lipinski definition) is 0. The Morgan fingerprint density at radius 3 is 2.00 bits per heavy atom. The highest BCUT2D eigenvalue weighted by molar-refractivity contribution is 4.84. The third-order valence-corrected chi connectivity index (χ3v) is 4.99. The smallest absolute Gasteiger partial charge is 0.0355 e. The van der Waals surface area contributed by atoms with Crippen LogP contribution in [0, 0.1) is 23.7 Å². The Kier molecular flexibility index (Phi) is 4.11. The highest BCUT2D eigenvalue weighted by Gasteiger charge is 2.33. The molecule has 0 saturated heterocycles. The van der Waals surface area contributed by atoms with Crippen LogP contribution in [-0.2, 0) is 0 Å². The van der Waals surface area contributed by atoms with E-state index >= 15 is 0 Å². The van der Waals surface area contributed by atoms with Crippen molar-refractivity contribution in [1.29, 1.82) is 0 Å². The van der Waals surface area contributed by atoms with Gasteiger partial charge in [-0.05, 0) is 36.5 Å². The third-order valence-electron chi connectivity index (χ3n) is 4.99. The van der Waals surface area contributed by atoms with E-state index in [1.54, 1.807) is 19.3 Å². The molecule has 2 atom stereocenters. The Bertz CT molecular complexity index is 176. The van der Waals surface area contributed by atoms with Gasteiger partial charge in [-0.2, -0.15) is 0 Å². The van der Waals surface area contributed by atoms with Gasteiger partial charge in [0.25, 0.3) is 0 Å². The Labute approximate surface area is 95.8 Å². The van der Waals surface area contributed by atoms with Gasteiger partial charge in [0, 0.05) is 0 Å². The van der Waals surface area contributed by atoms with Crippen molar-refractivity contribution in [3.05, 3.63) is 0 Å². The van der Waals surface area contributed by atoms with Gasteiger partial charge in [-0.1, -0.05) is 58.8 Å². The van der Waals surface area contributed by atoms with Gasteiger partial charge >= 0.3 is 0 Å². The van der Waals surface area contributed by atoms with E-state index in [0.717, 1.165) is 23.7 Å². The molecule has 0 spiro atoms. The van der Waals surface area contributed by atoms with Crippen LogP contribution in [0.2, 0.25) is 0 Å². The van der Waals surface area contributed by atoms with Gasteiger partial charge in [0.2, 0.25) is 0 Å². The maximum Gasteiger partial charge on any atom is -0.0355 e. The predicted octanol–water partition coefficient (Wildman–Crippen LogP) is 5.03. The first kappa shape index (κ1) is 11.5. The zero-order chi connectivity index (χ0) is 10.7. The van der Waals surface area contributed by atoms with Gasteiger partial charge in [-0.15, -0.1) is 0 Å². The van der Waals surface area contributed by atoms with Crippen molar-refractivity contribution in [2.75, 3.05) is 0 Å². The standard InChI is InChI=1S/C15H28/c1-12(2)14-10-6-7-11-15(14)13-8-4-3-5-9-13/h12-15H,3-11H2,1-2H3. The lowest BCUT2D eigenvalue weighted by Gasteiger charge is -2.41. The minimum atomic E-state index is 0.928. The Morgan fingerprint density at radius 2 is 1.33 bits per heavy atom. The third kappa shape index (κ3) is 2.77. The lowest BCUT2D eigenvalue weighted by Crippen LogP contribution is -2.31. The fraction of sp³-hybridized carbons (Fsp3) is 1.00. The Hall–Kier alpha value is 0. The molecule has 0 amide bonds. The molecule has 0 bridgehead atoms. The Morgan fingerprint density at radius 1 is 0.733 bits per heavy atom. The summed E-state index contributed by atoms with van der Waals surface area (Å²) in [4.78, 5) is 0. The fourth-order valence-corrected chi connectivity index (χ4v) is 4.16. The van der Waals surface area contributed by atoms with E-state index < -0.39 is 0 Å². The van der Waals surface area contributed by atoms with E-state index in [1.807, 2.05) is 0 Å². The summed E-state index contributed by atoms with van der Waals surface area (Å²) in [5.74, 6) is 4.18. The number of hydrogen-bond donors (Lipinski definition) is 0. The summed E-state index contributed by atoms with van der Waals surface area (Å²) in [6.45, 7) is 4.90. The van der Waals surface area contributed by atoms with Gasteiger partial charge in [-0.3, -0.25) is 0 Å². The lowest BCUT2D eigenvalue weighted by molar-refractivity contribution is 0.0968. The molecule has 2 aliphatic rings. The molecule has 0 nitrogen and oxygen atoms in total. The summed E-state index contributed by atoms with van der Waals surface area (Å²) in [6.07, 6.45) is 13.7. The zero-order valence-electron chi connectivity index (χ0n) is 10.7. The number of rotatable bonds is 2. The molecule has 0 heteroatoms. The second-order valence-corrected chi connectivity index (χ2v) is 6.25.